The van der Waals surface area contributed by atoms with Gasteiger partial charge in [-0.15, -0.1) is 0 Å². The van der Waals surface area contributed by atoms with Gasteiger partial charge in [-0.1, -0.05) is 108 Å². The van der Waals surface area contributed by atoms with Crippen molar-refractivity contribution in [3.05, 3.63) is 0 Å². The summed E-state index contributed by atoms with van der Waals surface area (Å²) >= 11 is 0. The first-order chi connectivity index (χ1) is 11.4. The molecule has 0 aliphatic heterocycles. The average molecular weight is 355 g/mol. The molecule has 0 aromatic heterocycles. The molecule has 0 aromatic rings. The second-order valence-corrected chi connectivity index (χ2v) is 10.3. The Morgan fingerprint density at radius 3 is 1.00 bits per heavy atom. The van der Waals surface area contributed by atoms with Crippen LogP contribution in [0.5, 0.6) is 0 Å². The molecule has 0 heterocycles. The highest BCUT2D eigenvalue weighted by Gasteiger charge is 2.51. The lowest BCUT2D eigenvalue weighted by molar-refractivity contribution is -0.250. The van der Waals surface area contributed by atoms with E-state index in [0.717, 1.165) is 0 Å². The van der Waals surface area contributed by atoms with Gasteiger partial charge in [-0.25, -0.2) is 0 Å². The molecule has 1 heteroatoms. The van der Waals surface area contributed by atoms with Crippen molar-refractivity contribution < 1.29 is 4.74 Å². The predicted octanol–water partition coefficient (Wildman–Crippen LogP) is 8.55. The van der Waals surface area contributed by atoms with Crippen molar-refractivity contribution in [2.24, 2.45) is 10.8 Å². The van der Waals surface area contributed by atoms with Crippen molar-refractivity contribution in [3.8, 4) is 0 Å². The van der Waals surface area contributed by atoms with Gasteiger partial charge in [0.1, 0.15) is 0 Å². The molecule has 2 unspecified atom stereocenters. The molecular weight excluding hydrogens is 304 g/mol. The first-order valence-electron chi connectivity index (χ1n) is 11.2. The molecule has 0 amide bonds. The van der Waals surface area contributed by atoms with Crippen LogP contribution in [0.2, 0.25) is 0 Å². The zero-order valence-electron chi connectivity index (χ0n) is 19.5. The van der Waals surface area contributed by atoms with Gasteiger partial charge in [0.25, 0.3) is 0 Å². The van der Waals surface area contributed by atoms with E-state index in [1.54, 1.807) is 0 Å². The molecule has 0 saturated heterocycles. The van der Waals surface area contributed by atoms with Crippen molar-refractivity contribution in [1.82, 2.24) is 0 Å². The van der Waals surface area contributed by atoms with Crippen LogP contribution in [-0.4, -0.2) is 11.2 Å². The molecule has 152 valence electrons. The van der Waals surface area contributed by atoms with E-state index in [-0.39, 0.29) is 22.0 Å². The van der Waals surface area contributed by atoms with E-state index in [9.17, 15) is 0 Å². The third kappa shape index (κ3) is 6.56. The van der Waals surface area contributed by atoms with Crippen LogP contribution < -0.4 is 0 Å². The van der Waals surface area contributed by atoms with Crippen LogP contribution in [0.25, 0.3) is 0 Å². The van der Waals surface area contributed by atoms with Crippen LogP contribution in [0.3, 0.4) is 0 Å². The van der Waals surface area contributed by atoms with Crippen LogP contribution in [-0.2, 0) is 4.74 Å². The molecule has 25 heavy (non-hydrogen) atoms. The van der Waals surface area contributed by atoms with E-state index in [2.05, 4.69) is 69.2 Å². The summed E-state index contributed by atoms with van der Waals surface area (Å²) in [6, 6.07) is 0. The maximum Gasteiger partial charge on any atom is 0.0738 e. The zero-order chi connectivity index (χ0) is 19.8. The highest BCUT2D eigenvalue weighted by molar-refractivity contribution is 5.00. The largest absolute Gasteiger partial charge is 0.367 e. The fraction of sp³-hybridized carbons (Fsp3) is 1.00. The number of unbranched alkanes of at least 4 members (excludes halogenated alkanes) is 2. The van der Waals surface area contributed by atoms with E-state index in [0.29, 0.717) is 0 Å². The molecule has 2 atom stereocenters. The molecule has 0 aliphatic rings. The Bertz CT molecular complexity index is 312. The van der Waals surface area contributed by atoms with Crippen molar-refractivity contribution in [1.29, 1.82) is 0 Å². The Labute approximate surface area is 160 Å². The molecule has 0 bridgehead atoms. The first-order valence-corrected chi connectivity index (χ1v) is 11.2. The van der Waals surface area contributed by atoms with Crippen molar-refractivity contribution in [2.45, 2.75) is 145 Å². The second kappa shape index (κ2) is 10.3. The van der Waals surface area contributed by atoms with Gasteiger partial charge < -0.3 is 4.74 Å². The molecule has 0 N–H and O–H groups in total. The third-order valence-corrected chi connectivity index (χ3v) is 6.30. The van der Waals surface area contributed by atoms with E-state index >= 15 is 0 Å². The Morgan fingerprint density at radius 2 is 0.800 bits per heavy atom. The quantitative estimate of drug-likeness (QED) is 0.341. The van der Waals surface area contributed by atoms with E-state index in [1.807, 2.05) is 0 Å². The SMILES string of the molecule is CCCCC(CCC)(OC(CCC)(CCCC)C(C)(C)C)C(C)(C)C. The highest BCUT2D eigenvalue weighted by atomic mass is 16.5. The van der Waals surface area contributed by atoms with E-state index in [4.69, 9.17) is 4.74 Å². The van der Waals surface area contributed by atoms with Crippen LogP contribution >= 0.6 is 0 Å². The molecule has 0 aromatic carbocycles. The summed E-state index contributed by atoms with van der Waals surface area (Å²) in [4.78, 5) is 0. The zero-order valence-corrected chi connectivity index (χ0v) is 19.5. The number of ether oxygens (including phenoxy) is 1. The summed E-state index contributed by atoms with van der Waals surface area (Å²) in [5.41, 5.74) is 0.283. The van der Waals surface area contributed by atoms with E-state index < -0.39 is 0 Å². The predicted molar refractivity (Wildman–Crippen MR) is 114 cm³/mol. The van der Waals surface area contributed by atoms with Crippen molar-refractivity contribution in [3.63, 3.8) is 0 Å². The molecule has 0 spiro atoms. The van der Waals surface area contributed by atoms with Gasteiger partial charge in [-0.3, -0.25) is 0 Å². The van der Waals surface area contributed by atoms with Crippen LogP contribution in [0.15, 0.2) is 0 Å². The molecule has 0 radical (unpaired) electrons. The lowest BCUT2D eigenvalue weighted by atomic mass is 9.66. The number of hydrogen-bond acceptors (Lipinski definition) is 1. The second-order valence-electron chi connectivity index (χ2n) is 10.3. The standard InChI is InChI=1S/C24H50O/c1-11-15-19-23(17-13-3,21(5,6)7)25-24(18-14-4,20-16-12-2)22(8,9)10/h11-20H2,1-10H3. The van der Waals surface area contributed by atoms with Gasteiger partial charge in [-0.05, 0) is 36.5 Å². The van der Waals surface area contributed by atoms with Crippen molar-refractivity contribution in [2.75, 3.05) is 0 Å². The molecule has 1 nitrogen and oxygen atoms in total. The summed E-state index contributed by atoms with van der Waals surface area (Å²) < 4.78 is 7.44. The molecular formula is C24H50O. The van der Waals surface area contributed by atoms with Gasteiger partial charge in [0.15, 0.2) is 0 Å². The minimum absolute atomic E-state index is 0.0199. The third-order valence-electron chi connectivity index (χ3n) is 6.30. The lowest BCUT2D eigenvalue weighted by Crippen LogP contribution is -2.57. The normalized spacial score (nSPS) is 18.0. The summed E-state index contributed by atoms with van der Waals surface area (Å²) in [6.45, 7) is 23.7. The summed E-state index contributed by atoms with van der Waals surface area (Å²) in [7, 11) is 0. The van der Waals surface area contributed by atoms with Crippen LogP contribution in [0.4, 0.5) is 0 Å². The van der Waals surface area contributed by atoms with Crippen LogP contribution in [0, 0.1) is 10.8 Å². The maximum atomic E-state index is 7.44. The van der Waals surface area contributed by atoms with Gasteiger partial charge in [-0.2, -0.15) is 0 Å². The first kappa shape index (κ1) is 25.0. The Morgan fingerprint density at radius 1 is 0.480 bits per heavy atom. The maximum absolute atomic E-state index is 7.44. The number of hydrogen-bond donors (Lipinski definition) is 0. The smallest absolute Gasteiger partial charge is 0.0738 e. The van der Waals surface area contributed by atoms with E-state index in [1.165, 1.54) is 64.2 Å². The summed E-state index contributed by atoms with van der Waals surface area (Å²) in [6.07, 6.45) is 12.1. The number of rotatable bonds is 12. The molecule has 0 saturated carbocycles. The van der Waals surface area contributed by atoms with Crippen LogP contribution in [0.1, 0.15) is 133 Å². The fourth-order valence-electron chi connectivity index (χ4n) is 4.37. The monoisotopic (exact) mass is 354 g/mol. The lowest BCUT2D eigenvalue weighted by Gasteiger charge is -2.56. The van der Waals surface area contributed by atoms with Gasteiger partial charge in [0.05, 0.1) is 11.2 Å². The fourth-order valence-corrected chi connectivity index (χ4v) is 4.37. The average Bonchev–Trinajstić information content (AvgIpc) is 2.48. The van der Waals surface area contributed by atoms with Gasteiger partial charge >= 0.3 is 0 Å². The Hall–Kier alpha value is -0.0400. The molecule has 0 fully saturated rings. The topological polar surface area (TPSA) is 9.23 Å². The minimum Gasteiger partial charge on any atom is -0.367 e. The highest BCUT2D eigenvalue weighted by Crippen LogP contribution is 2.51. The summed E-state index contributed by atoms with van der Waals surface area (Å²) in [5, 5.41) is 0. The summed E-state index contributed by atoms with van der Waals surface area (Å²) in [5.74, 6) is 0. The Balaban J connectivity index is 6.08. The molecule has 0 aliphatic carbocycles. The molecule has 0 rings (SSSR count). The van der Waals surface area contributed by atoms with Crippen molar-refractivity contribution >= 4 is 0 Å². The minimum atomic E-state index is -0.0199. The van der Waals surface area contributed by atoms with Gasteiger partial charge in [0.2, 0.25) is 0 Å². The van der Waals surface area contributed by atoms with Gasteiger partial charge in [0, 0.05) is 0 Å². The Kier molecular flexibility index (Phi) is 10.3.